The van der Waals surface area contributed by atoms with Crippen LogP contribution in [0.2, 0.25) is 0 Å². The Morgan fingerprint density at radius 2 is 1.65 bits per heavy atom. The summed E-state index contributed by atoms with van der Waals surface area (Å²) in [6, 6.07) is 19.9. The molecule has 0 unspecified atom stereocenters. The highest BCUT2D eigenvalue weighted by molar-refractivity contribution is 8.00. The van der Waals surface area contributed by atoms with Crippen molar-refractivity contribution in [3.63, 3.8) is 0 Å². The van der Waals surface area contributed by atoms with Gasteiger partial charge in [0.2, 0.25) is 5.91 Å². The minimum atomic E-state index is -4.60. The van der Waals surface area contributed by atoms with Crippen LogP contribution in [0.25, 0.3) is 11.3 Å². The molecule has 1 atom stereocenters. The van der Waals surface area contributed by atoms with Crippen LogP contribution in [0.4, 0.5) is 13.2 Å². The number of carbonyl (C=O) groups is 1. The molecule has 2 heterocycles. The molecule has 1 aliphatic heterocycles. The molecule has 1 amide bonds. The standard InChI is InChI=1S/C26H26F3N3OS/c1-18(24(33)32-14-12-20(13-15-32)16-19-8-4-2-5-9-19)34-25-30-22(21-10-6-3-7-11-21)17-23(31-25)26(27,28)29/h2-11,17-18,20H,12-16H2,1H3/t18-/m0/s1. The zero-order chi connectivity index (χ0) is 24.1. The minimum Gasteiger partial charge on any atom is -0.342 e. The number of nitrogens with zero attached hydrogens (tertiary/aromatic N) is 3. The third kappa shape index (κ3) is 6.17. The average Bonchev–Trinajstić information content (AvgIpc) is 2.84. The van der Waals surface area contributed by atoms with E-state index in [1.807, 2.05) is 23.1 Å². The van der Waals surface area contributed by atoms with E-state index >= 15 is 0 Å². The summed E-state index contributed by atoms with van der Waals surface area (Å²) in [5.41, 5.74) is 1.04. The number of amides is 1. The Bertz CT molecular complexity index is 1100. The Morgan fingerprint density at radius 1 is 1.03 bits per heavy atom. The molecule has 1 saturated heterocycles. The molecule has 1 aliphatic rings. The van der Waals surface area contributed by atoms with Crippen molar-refractivity contribution in [2.24, 2.45) is 5.92 Å². The molecule has 2 aromatic carbocycles. The first kappa shape index (κ1) is 24.3. The Balaban J connectivity index is 1.42. The van der Waals surface area contributed by atoms with Crippen molar-refractivity contribution in [2.75, 3.05) is 13.1 Å². The SMILES string of the molecule is C[C@H](Sc1nc(-c2ccccc2)cc(C(F)(F)F)n1)C(=O)N1CCC(Cc2ccccc2)CC1. The molecule has 3 aromatic rings. The van der Waals surface area contributed by atoms with Crippen LogP contribution >= 0.6 is 11.8 Å². The molecule has 0 bridgehead atoms. The summed E-state index contributed by atoms with van der Waals surface area (Å²) >= 11 is 0.974. The second-order valence-electron chi connectivity index (χ2n) is 8.50. The molecular weight excluding hydrogens is 459 g/mol. The number of hydrogen-bond acceptors (Lipinski definition) is 4. The Kier molecular flexibility index (Phi) is 7.56. The van der Waals surface area contributed by atoms with Crippen molar-refractivity contribution in [3.05, 3.63) is 78.0 Å². The molecule has 34 heavy (non-hydrogen) atoms. The van der Waals surface area contributed by atoms with Crippen LogP contribution in [-0.4, -0.2) is 39.1 Å². The number of likely N-dealkylation sites (tertiary alicyclic amines) is 1. The van der Waals surface area contributed by atoms with Crippen LogP contribution < -0.4 is 0 Å². The molecule has 0 saturated carbocycles. The van der Waals surface area contributed by atoms with E-state index in [0.29, 0.717) is 24.6 Å². The largest absolute Gasteiger partial charge is 0.433 e. The molecule has 4 nitrogen and oxygen atoms in total. The van der Waals surface area contributed by atoms with Crippen molar-refractivity contribution in [3.8, 4) is 11.3 Å². The number of alkyl halides is 3. The van der Waals surface area contributed by atoms with E-state index in [9.17, 15) is 18.0 Å². The van der Waals surface area contributed by atoms with Crippen LogP contribution in [-0.2, 0) is 17.4 Å². The van der Waals surface area contributed by atoms with Gasteiger partial charge in [-0.25, -0.2) is 9.97 Å². The number of rotatable bonds is 6. The first-order chi connectivity index (χ1) is 16.3. The normalized spacial score (nSPS) is 15.8. The summed E-state index contributed by atoms with van der Waals surface area (Å²) in [4.78, 5) is 22.9. The second kappa shape index (κ2) is 10.6. The number of hydrogen-bond donors (Lipinski definition) is 0. The minimum absolute atomic E-state index is 0.0477. The molecule has 8 heteroatoms. The lowest BCUT2D eigenvalue weighted by atomic mass is 9.90. The number of halogens is 3. The van der Waals surface area contributed by atoms with E-state index in [0.717, 1.165) is 37.1 Å². The summed E-state index contributed by atoms with van der Waals surface area (Å²) < 4.78 is 40.4. The van der Waals surface area contributed by atoms with E-state index < -0.39 is 17.1 Å². The van der Waals surface area contributed by atoms with Crippen LogP contribution in [0.3, 0.4) is 0 Å². The third-order valence-corrected chi connectivity index (χ3v) is 6.94. The second-order valence-corrected chi connectivity index (χ2v) is 9.81. The molecule has 0 N–H and O–H groups in total. The van der Waals surface area contributed by atoms with Crippen LogP contribution in [0.15, 0.2) is 71.9 Å². The van der Waals surface area contributed by atoms with E-state index in [4.69, 9.17) is 0 Å². The fourth-order valence-corrected chi connectivity index (χ4v) is 5.02. The Morgan fingerprint density at radius 3 is 2.26 bits per heavy atom. The van der Waals surface area contributed by atoms with Gasteiger partial charge in [-0.15, -0.1) is 0 Å². The first-order valence-electron chi connectivity index (χ1n) is 11.3. The lowest BCUT2D eigenvalue weighted by Crippen LogP contribution is -2.42. The maximum atomic E-state index is 13.5. The fraction of sp³-hybridized carbons (Fsp3) is 0.346. The van der Waals surface area contributed by atoms with E-state index in [1.165, 1.54) is 5.56 Å². The van der Waals surface area contributed by atoms with E-state index in [1.54, 1.807) is 37.3 Å². The number of benzene rings is 2. The average molecular weight is 486 g/mol. The summed E-state index contributed by atoms with van der Waals surface area (Å²) in [5.74, 6) is 0.431. The van der Waals surface area contributed by atoms with Crippen LogP contribution in [0.5, 0.6) is 0 Å². The molecule has 1 fully saturated rings. The number of thioether (sulfide) groups is 1. The predicted octanol–water partition coefficient (Wildman–Crippen LogP) is 6.12. The predicted molar refractivity (Wildman–Crippen MR) is 127 cm³/mol. The maximum absolute atomic E-state index is 13.5. The number of piperidine rings is 1. The van der Waals surface area contributed by atoms with Crippen molar-refractivity contribution in [2.45, 2.75) is 42.8 Å². The van der Waals surface area contributed by atoms with Gasteiger partial charge in [-0.3, -0.25) is 4.79 Å². The number of aromatic nitrogens is 2. The van der Waals surface area contributed by atoms with Gasteiger partial charge >= 0.3 is 6.18 Å². The zero-order valence-electron chi connectivity index (χ0n) is 18.8. The van der Waals surface area contributed by atoms with Gasteiger partial charge < -0.3 is 4.90 Å². The maximum Gasteiger partial charge on any atom is 0.433 e. The smallest absolute Gasteiger partial charge is 0.342 e. The third-order valence-electron chi connectivity index (χ3n) is 5.99. The van der Waals surface area contributed by atoms with Gasteiger partial charge in [0.15, 0.2) is 5.16 Å². The molecule has 0 radical (unpaired) electrons. The molecule has 4 rings (SSSR count). The van der Waals surface area contributed by atoms with Crippen molar-refractivity contribution < 1.29 is 18.0 Å². The zero-order valence-corrected chi connectivity index (χ0v) is 19.6. The van der Waals surface area contributed by atoms with Crippen molar-refractivity contribution in [1.82, 2.24) is 14.9 Å². The van der Waals surface area contributed by atoms with Gasteiger partial charge in [0, 0.05) is 18.7 Å². The quantitative estimate of drug-likeness (QED) is 0.312. The molecular formula is C26H26F3N3OS. The Labute approximate surface area is 201 Å². The van der Waals surface area contributed by atoms with Gasteiger partial charge in [-0.2, -0.15) is 13.2 Å². The van der Waals surface area contributed by atoms with Gasteiger partial charge in [0.05, 0.1) is 10.9 Å². The fourth-order valence-electron chi connectivity index (χ4n) is 4.15. The van der Waals surface area contributed by atoms with Gasteiger partial charge in [-0.1, -0.05) is 72.4 Å². The highest BCUT2D eigenvalue weighted by Crippen LogP contribution is 2.33. The van der Waals surface area contributed by atoms with Crippen molar-refractivity contribution >= 4 is 17.7 Å². The summed E-state index contributed by atoms with van der Waals surface area (Å²) in [6.07, 6.45) is -1.78. The van der Waals surface area contributed by atoms with Crippen LogP contribution in [0.1, 0.15) is 31.0 Å². The molecule has 178 valence electrons. The molecule has 0 spiro atoms. The highest BCUT2D eigenvalue weighted by Gasteiger charge is 2.34. The summed E-state index contributed by atoms with van der Waals surface area (Å²) in [7, 11) is 0. The molecule has 0 aliphatic carbocycles. The van der Waals surface area contributed by atoms with E-state index in [-0.39, 0.29) is 16.8 Å². The Hall–Kier alpha value is -2.87. The summed E-state index contributed by atoms with van der Waals surface area (Å²) in [6.45, 7) is 3.01. The van der Waals surface area contributed by atoms with E-state index in [2.05, 4.69) is 22.1 Å². The van der Waals surface area contributed by atoms with Crippen LogP contribution in [0, 0.1) is 5.92 Å². The monoisotopic (exact) mass is 485 g/mol. The van der Waals surface area contributed by atoms with Gasteiger partial charge in [-0.05, 0) is 43.7 Å². The van der Waals surface area contributed by atoms with Gasteiger partial charge in [0.1, 0.15) is 5.69 Å². The van der Waals surface area contributed by atoms with Crippen molar-refractivity contribution in [1.29, 1.82) is 0 Å². The molecule has 1 aromatic heterocycles. The first-order valence-corrected chi connectivity index (χ1v) is 12.2. The lowest BCUT2D eigenvalue weighted by molar-refractivity contribution is -0.141. The lowest BCUT2D eigenvalue weighted by Gasteiger charge is -2.33. The summed E-state index contributed by atoms with van der Waals surface area (Å²) in [5, 5.41) is -0.633. The highest BCUT2D eigenvalue weighted by atomic mass is 32.2. The number of carbonyl (C=O) groups excluding carboxylic acids is 1. The van der Waals surface area contributed by atoms with Gasteiger partial charge in [0.25, 0.3) is 0 Å². The topological polar surface area (TPSA) is 46.1 Å².